The predicted molar refractivity (Wildman–Crippen MR) is 71.2 cm³/mol. The summed E-state index contributed by atoms with van der Waals surface area (Å²) in [7, 11) is 0. The first-order valence-corrected chi connectivity index (χ1v) is 7.09. The Bertz CT molecular complexity index is 406. The molecule has 7 nitrogen and oxygen atoms in total. The Labute approximate surface area is 117 Å². The smallest absolute Gasteiger partial charge is 0.326 e. The van der Waals surface area contributed by atoms with E-state index in [1.807, 2.05) is 0 Å². The fourth-order valence-corrected chi connectivity index (χ4v) is 2.81. The third-order valence-corrected chi connectivity index (χ3v) is 3.93. The van der Waals surface area contributed by atoms with Crippen molar-refractivity contribution in [2.24, 2.45) is 0 Å². The van der Waals surface area contributed by atoms with E-state index in [-0.39, 0.29) is 5.91 Å². The van der Waals surface area contributed by atoms with E-state index in [1.54, 1.807) is 11.8 Å². The molecule has 2 saturated heterocycles. The van der Waals surface area contributed by atoms with Gasteiger partial charge in [0.25, 0.3) is 0 Å². The molecule has 2 fully saturated rings. The zero-order chi connectivity index (χ0) is 14.7. The number of carboxylic acid groups (broad SMARTS) is 1. The molecule has 0 spiro atoms. The summed E-state index contributed by atoms with van der Waals surface area (Å²) in [4.78, 5) is 38.2. The van der Waals surface area contributed by atoms with Crippen LogP contribution in [0.4, 0.5) is 4.79 Å². The Hall–Kier alpha value is -1.79. The number of carboxylic acids is 1. The fourth-order valence-electron chi connectivity index (χ4n) is 2.81. The lowest BCUT2D eigenvalue weighted by molar-refractivity contribution is -0.141. The summed E-state index contributed by atoms with van der Waals surface area (Å²) in [5, 5.41) is 11.7. The third kappa shape index (κ3) is 3.02. The van der Waals surface area contributed by atoms with E-state index in [9.17, 15) is 14.4 Å². The van der Waals surface area contributed by atoms with Gasteiger partial charge in [0.05, 0.1) is 0 Å². The molecule has 7 heteroatoms. The molecule has 2 rings (SSSR count). The monoisotopic (exact) mass is 283 g/mol. The molecule has 3 amide bonds. The summed E-state index contributed by atoms with van der Waals surface area (Å²) >= 11 is 0. The molecule has 0 aromatic heterocycles. The minimum Gasteiger partial charge on any atom is -0.480 e. The molecule has 2 aliphatic rings. The van der Waals surface area contributed by atoms with Crippen LogP contribution in [0.3, 0.4) is 0 Å². The van der Waals surface area contributed by atoms with Crippen LogP contribution in [0.25, 0.3) is 0 Å². The normalized spacial score (nSPS) is 23.8. The predicted octanol–water partition coefficient (Wildman–Crippen LogP) is 0.256. The van der Waals surface area contributed by atoms with Crippen LogP contribution in [0.15, 0.2) is 0 Å². The molecule has 2 atom stereocenters. The Morgan fingerprint density at radius 3 is 2.40 bits per heavy atom. The number of aliphatic carboxylic acids is 1. The Morgan fingerprint density at radius 1 is 1.15 bits per heavy atom. The summed E-state index contributed by atoms with van der Waals surface area (Å²) < 4.78 is 0. The molecular weight excluding hydrogens is 262 g/mol. The maximum absolute atomic E-state index is 12.1. The second-order valence-electron chi connectivity index (χ2n) is 5.39. The van der Waals surface area contributed by atoms with E-state index < -0.39 is 24.1 Å². The number of likely N-dealkylation sites (tertiary alicyclic amines) is 2. The van der Waals surface area contributed by atoms with Crippen LogP contribution in [0.1, 0.15) is 32.6 Å². The summed E-state index contributed by atoms with van der Waals surface area (Å²) in [6, 6.07) is -1.85. The molecule has 0 saturated carbocycles. The maximum Gasteiger partial charge on any atom is 0.326 e. The van der Waals surface area contributed by atoms with Gasteiger partial charge in [-0.05, 0) is 32.6 Å². The molecule has 2 aliphatic heterocycles. The molecule has 20 heavy (non-hydrogen) atoms. The van der Waals surface area contributed by atoms with Crippen molar-refractivity contribution in [1.29, 1.82) is 0 Å². The molecule has 2 heterocycles. The van der Waals surface area contributed by atoms with Crippen LogP contribution in [0, 0.1) is 0 Å². The summed E-state index contributed by atoms with van der Waals surface area (Å²) in [5.41, 5.74) is 0. The summed E-state index contributed by atoms with van der Waals surface area (Å²) in [6.45, 7) is 3.54. The summed E-state index contributed by atoms with van der Waals surface area (Å²) in [6.07, 6.45) is 3.15. The average molecular weight is 283 g/mol. The molecule has 0 aromatic rings. The van der Waals surface area contributed by atoms with Gasteiger partial charge in [0.1, 0.15) is 12.1 Å². The van der Waals surface area contributed by atoms with Gasteiger partial charge in [-0.2, -0.15) is 0 Å². The maximum atomic E-state index is 12.1. The average Bonchev–Trinajstić information content (AvgIpc) is 3.08. The number of nitrogens with one attached hydrogen (secondary N) is 1. The van der Waals surface area contributed by atoms with E-state index in [2.05, 4.69) is 5.32 Å². The van der Waals surface area contributed by atoms with Crippen LogP contribution < -0.4 is 5.32 Å². The van der Waals surface area contributed by atoms with Crippen LogP contribution in [-0.2, 0) is 9.59 Å². The molecule has 0 aromatic carbocycles. The van der Waals surface area contributed by atoms with Crippen molar-refractivity contribution in [3.05, 3.63) is 0 Å². The van der Waals surface area contributed by atoms with Crippen molar-refractivity contribution in [2.45, 2.75) is 44.7 Å². The number of nitrogens with zero attached hydrogens (tertiary/aromatic N) is 2. The molecular formula is C13H21N3O4. The number of carbonyl (C=O) groups excluding carboxylic acids is 2. The van der Waals surface area contributed by atoms with E-state index >= 15 is 0 Å². The number of carbonyl (C=O) groups is 3. The van der Waals surface area contributed by atoms with Crippen LogP contribution in [0.2, 0.25) is 0 Å². The van der Waals surface area contributed by atoms with E-state index in [4.69, 9.17) is 5.11 Å². The van der Waals surface area contributed by atoms with Gasteiger partial charge >= 0.3 is 12.0 Å². The topological polar surface area (TPSA) is 90.0 Å². The first-order chi connectivity index (χ1) is 9.50. The highest BCUT2D eigenvalue weighted by atomic mass is 16.4. The second-order valence-corrected chi connectivity index (χ2v) is 5.39. The zero-order valence-corrected chi connectivity index (χ0v) is 11.7. The summed E-state index contributed by atoms with van der Waals surface area (Å²) in [5.74, 6) is -1.09. The Morgan fingerprint density at radius 2 is 1.80 bits per heavy atom. The first-order valence-electron chi connectivity index (χ1n) is 7.09. The second kappa shape index (κ2) is 6.11. The van der Waals surface area contributed by atoms with Gasteiger partial charge in [0, 0.05) is 19.6 Å². The molecule has 0 aliphatic carbocycles. The largest absolute Gasteiger partial charge is 0.480 e. The fraction of sp³-hybridized carbons (Fsp3) is 0.769. The lowest BCUT2D eigenvalue weighted by Gasteiger charge is -2.26. The van der Waals surface area contributed by atoms with Gasteiger partial charge in [0.2, 0.25) is 5.91 Å². The highest BCUT2D eigenvalue weighted by Gasteiger charge is 2.35. The highest BCUT2D eigenvalue weighted by molar-refractivity contribution is 5.89. The van der Waals surface area contributed by atoms with E-state index in [0.717, 1.165) is 25.9 Å². The Balaban J connectivity index is 1.90. The zero-order valence-electron chi connectivity index (χ0n) is 11.7. The lowest BCUT2D eigenvalue weighted by atomic mass is 10.2. The van der Waals surface area contributed by atoms with Crippen LogP contribution >= 0.6 is 0 Å². The van der Waals surface area contributed by atoms with Crippen molar-refractivity contribution < 1.29 is 19.5 Å². The van der Waals surface area contributed by atoms with Crippen molar-refractivity contribution in [3.8, 4) is 0 Å². The van der Waals surface area contributed by atoms with Crippen molar-refractivity contribution >= 4 is 17.9 Å². The van der Waals surface area contributed by atoms with Crippen LogP contribution in [0.5, 0.6) is 0 Å². The van der Waals surface area contributed by atoms with Crippen molar-refractivity contribution in [2.75, 3.05) is 19.6 Å². The molecule has 0 bridgehead atoms. The van der Waals surface area contributed by atoms with Gasteiger partial charge in [-0.1, -0.05) is 0 Å². The number of amides is 3. The quantitative estimate of drug-likeness (QED) is 0.777. The van der Waals surface area contributed by atoms with Gasteiger partial charge < -0.3 is 20.2 Å². The Kier molecular flexibility index (Phi) is 4.46. The number of urea groups is 1. The van der Waals surface area contributed by atoms with Crippen LogP contribution in [-0.4, -0.2) is 64.5 Å². The third-order valence-electron chi connectivity index (χ3n) is 3.93. The van der Waals surface area contributed by atoms with Crippen molar-refractivity contribution in [3.63, 3.8) is 0 Å². The molecule has 2 N–H and O–H groups in total. The van der Waals surface area contributed by atoms with Gasteiger partial charge in [-0.3, -0.25) is 4.79 Å². The molecule has 112 valence electrons. The molecule has 1 unspecified atom stereocenters. The minimum absolute atomic E-state index is 0.0954. The van der Waals surface area contributed by atoms with E-state index in [1.165, 1.54) is 4.90 Å². The van der Waals surface area contributed by atoms with Gasteiger partial charge in [-0.15, -0.1) is 0 Å². The minimum atomic E-state index is -0.990. The highest BCUT2D eigenvalue weighted by Crippen LogP contribution is 2.17. The lowest BCUT2D eigenvalue weighted by Crippen LogP contribution is -2.52. The van der Waals surface area contributed by atoms with E-state index in [0.29, 0.717) is 19.4 Å². The SMILES string of the molecule is CC(NC(=O)N1CCC[C@H]1C(=O)O)C(=O)N1CCCC1. The number of hydrogen-bond donors (Lipinski definition) is 2. The van der Waals surface area contributed by atoms with Gasteiger partial charge in [-0.25, -0.2) is 9.59 Å². The molecule has 0 radical (unpaired) electrons. The standard InChI is InChI=1S/C13H21N3O4/c1-9(11(17)15-6-2-3-7-15)14-13(20)16-8-4-5-10(16)12(18)19/h9-10H,2-8H2,1H3,(H,14,20)(H,18,19)/t9?,10-/m0/s1. The van der Waals surface area contributed by atoms with Gasteiger partial charge in [0.15, 0.2) is 0 Å². The number of rotatable bonds is 3. The first kappa shape index (κ1) is 14.6. The number of hydrogen-bond acceptors (Lipinski definition) is 3. The van der Waals surface area contributed by atoms with Crippen molar-refractivity contribution in [1.82, 2.24) is 15.1 Å².